The second kappa shape index (κ2) is 9.20. The third-order valence-electron chi connectivity index (χ3n) is 3.90. The highest BCUT2D eigenvalue weighted by molar-refractivity contribution is 8.18. The van der Waals surface area contributed by atoms with E-state index in [0.717, 1.165) is 40.4 Å². The summed E-state index contributed by atoms with van der Waals surface area (Å²) < 4.78 is 15.4. The number of esters is 1. The van der Waals surface area contributed by atoms with Crippen LogP contribution in [0.4, 0.5) is 0 Å². The van der Waals surface area contributed by atoms with Crippen LogP contribution in [0.25, 0.3) is 0 Å². The Hall–Kier alpha value is -3.40. The van der Waals surface area contributed by atoms with Crippen molar-refractivity contribution in [2.24, 2.45) is 10.2 Å². The second-order valence-corrected chi connectivity index (χ2v) is 6.93. The average Bonchev–Trinajstić information content (AvgIpc) is 3.22. The van der Waals surface area contributed by atoms with Crippen LogP contribution in [0, 0.1) is 13.8 Å². The maximum Gasteiger partial charge on any atom is 0.331 e. The number of aromatic nitrogens is 1. The van der Waals surface area contributed by atoms with Crippen LogP contribution in [0.15, 0.2) is 50.0 Å². The summed E-state index contributed by atoms with van der Waals surface area (Å²) in [5.74, 6) is 0.412. The molecular weight excluding hydrogens is 396 g/mol. The predicted octanol–water partition coefficient (Wildman–Crippen LogP) is 2.48. The number of thioether (sulfide) groups is 1. The van der Waals surface area contributed by atoms with Crippen molar-refractivity contribution >= 4 is 35.0 Å². The summed E-state index contributed by atoms with van der Waals surface area (Å²) in [5.41, 5.74) is 2.55. The molecule has 0 saturated carbocycles. The van der Waals surface area contributed by atoms with Crippen molar-refractivity contribution in [1.82, 2.24) is 10.5 Å². The van der Waals surface area contributed by atoms with Gasteiger partial charge in [-0.2, -0.15) is 5.10 Å². The summed E-state index contributed by atoms with van der Waals surface area (Å²) >= 11 is 1.01. The molecule has 0 spiro atoms. The molecule has 0 atom stereocenters. The van der Waals surface area contributed by atoms with E-state index in [-0.39, 0.29) is 10.1 Å². The summed E-state index contributed by atoms with van der Waals surface area (Å²) in [5, 5.41) is 14.6. The number of hydrogen-bond donors (Lipinski definition) is 1. The van der Waals surface area contributed by atoms with Crippen molar-refractivity contribution in [2.75, 3.05) is 7.11 Å². The van der Waals surface area contributed by atoms with Gasteiger partial charge >= 0.3 is 5.97 Å². The molecule has 3 rings (SSSR count). The highest BCUT2D eigenvalue weighted by atomic mass is 32.2. The topological polar surface area (TPSA) is 115 Å². The normalized spacial score (nSPS) is 16.6. The fourth-order valence-corrected chi connectivity index (χ4v) is 3.04. The molecule has 1 saturated heterocycles. The molecule has 0 unspecified atom stereocenters. The summed E-state index contributed by atoms with van der Waals surface area (Å²) in [6.07, 6.45) is 2.65. The number of carbonyl (C=O) groups excluding carboxylic acids is 2. The third kappa shape index (κ3) is 5.32. The predicted molar refractivity (Wildman–Crippen MR) is 108 cm³/mol. The molecule has 29 heavy (non-hydrogen) atoms. The van der Waals surface area contributed by atoms with Gasteiger partial charge in [-0.25, -0.2) is 4.79 Å². The smallest absolute Gasteiger partial charge is 0.331 e. The largest absolute Gasteiger partial charge is 0.489 e. The zero-order valence-corrected chi connectivity index (χ0v) is 16.8. The van der Waals surface area contributed by atoms with E-state index in [2.05, 4.69) is 25.4 Å². The van der Waals surface area contributed by atoms with E-state index < -0.39 is 11.9 Å². The van der Waals surface area contributed by atoms with Crippen molar-refractivity contribution < 1.29 is 23.6 Å². The number of amides is 1. The van der Waals surface area contributed by atoms with Gasteiger partial charge in [0.25, 0.3) is 5.91 Å². The number of nitrogens with zero attached hydrogens (tertiary/aromatic N) is 3. The third-order valence-corrected chi connectivity index (χ3v) is 4.80. The fourth-order valence-electron chi connectivity index (χ4n) is 2.30. The van der Waals surface area contributed by atoms with E-state index in [4.69, 9.17) is 9.26 Å². The molecule has 1 aromatic heterocycles. The number of benzene rings is 1. The molecule has 0 radical (unpaired) electrons. The Morgan fingerprint density at radius 3 is 2.72 bits per heavy atom. The Balaban J connectivity index is 1.56. The lowest BCUT2D eigenvalue weighted by Crippen LogP contribution is -2.19. The minimum absolute atomic E-state index is 0.200. The van der Waals surface area contributed by atoms with Gasteiger partial charge in [-0.05, 0) is 55.4 Å². The van der Waals surface area contributed by atoms with Crippen molar-refractivity contribution in [3.63, 3.8) is 0 Å². The minimum Gasteiger partial charge on any atom is -0.489 e. The Morgan fingerprint density at radius 2 is 2.07 bits per heavy atom. The van der Waals surface area contributed by atoms with Gasteiger partial charge in [0.1, 0.15) is 18.1 Å². The van der Waals surface area contributed by atoms with Crippen LogP contribution in [0.2, 0.25) is 0 Å². The van der Waals surface area contributed by atoms with Crippen LogP contribution in [-0.2, 0) is 20.9 Å². The maximum atomic E-state index is 11.7. The number of carbonyl (C=O) groups is 2. The zero-order valence-electron chi connectivity index (χ0n) is 16.0. The second-order valence-electron chi connectivity index (χ2n) is 5.90. The standard InChI is InChI=1S/C19H18N4O5S/c1-11-15(12(2)28-23-11)10-27-14-6-4-13(5-7-14)9-20-22-19-21-18(25)16(29-19)8-17(24)26-3/h4-9H,10H2,1-3H3,(H,21,22,25)/b16-8+,20-9?. The van der Waals surface area contributed by atoms with E-state index in [0.29, 0.717) is 12.4 Å². The maximum absolute atomic E-state index is 11.7. The molecule has 0 bridgehead atoms. The molecule has 1 aliphatic heterocycles. The SMILES string of the molecule is COC(=O)/C=C1/S/C(=N\N=Cc2ccc(OCc3c(C)noc3C)cc2)NC1=O. The quantitative estimate of drug-likeness (QED) is 0.334. The highest BCUT2D eigenvalue weighted by Gasteiger charge is 2.24. The Kier molecular flexibility index (Phi) is 6.45. The van der Waals surface area contributed by atoms with Gasteiger partial charge in [-0.15, -0.1) is 5.10 Å². The van der Waals surface area contributed by atoms with Gasteiger partial charge in [0.15, 0.2) is 5.17 Å². The number of ether oxygens (including phenoxy) is 2. The Bertz CT molecular complexity index is 989. The van der Waals surface area contributed by atoms with E-state index in [1.165, 1.54) is 7.11 Å². The van der Waals surface area contributed by atoms with Crippen LogP contribution in [0.3, 0.4) is 0 Å². The number of methoxy groups -OCH3 is 1. The molecule has 1 amide bonds. The van der Waals surface area contributed by atoms with E-state index in [9.17, 15) is 9.59 Å². The summed E-state index contributed by atoms with van der Waals surface area (Å²) in [6.45, 7) is 4.09. The Labute approximate surface area is 170 Å². The number of aryl methyl sites for hydroxylation is 2. The van der Waals surface area contributed by atoms with E-state index >= 15 is 0 Å². The molecule has 0 aliphatic carbocycles. The molecule has 1 aromatic carbocycles. The fraction of sp³-hybridized carbons (Fsp3) is 0.211. The summed E-state index contributed by atoms with van der Waals surface area (Å²) in [6, 6.07) is 7.29. The molecule has 150 valence electrons. The van der Waals surface area contributed by atoms with Gasteiger partial charge in [-0.3, -0.25) is 10.1 Å². The monoisotopic (exact) mass is 414 g/mol. The van der Waals surface area contributed by atoms with Crippen LogP contribution in [0.5, 0.6) is 5.75 Å². The molecule has 9 nitrogen and oxygen atoms in total. The Morgan fingerprint density at radius 1 is 1.31 bits per heavy atom. The van der Waals surface area contributed by atoms with Crippen molar-refractivity contribution in [3.8, 4) is 5.75 Å². The first-order chi connectivity index (χ1) is 14.0. The molecule has 1 N–H and O–H groups in total. The highest BCUT2D eigenvalue weighted by Crippen LogP contribution is 2.23. The van der Waals surface area contributed by atoms with Gasteiger partial charge < -0.3 is 14.0 Å². The summed E-state index contributed by atoms with van der Waals surface area (Å²) in [4.78, 5) is 23.1. The lowest BCUT2D eigenvalue weighted by molar-refractivity contribution is -0.135. The summed E-state index contributed by atoms with van der Waals surface area (Å²) in [7, 11) is 1.24. The van der Waals surface area contributed by atoms with Crippen LogP contribution >= 0.6 is 11.8 Å². The average molecular weight is 414 g/mol. The van der Waals surface area contributed by atoms with Crippen molar-refractivity contribution in [2.45, 2.75) is 20.5 Å². The van der Waals surface area contributed by atoms with Gasteiger partial charge in [0, 0.05) is 6.08 Å². The number of nitrogens with one attached hydrogen (secondary N) is 1. The van der Waals surface area contributed by atoms with Crippen LogP contribution in [-0.4, -0.2) is 35.5 Å². The first-order valence-corrected chi connectivity index (χ1v) is 9.32. The minimum atomic E-state index is -0.607. The first kappa shape index (κ1) is 20.3. The van der Waals surface area contributed by atoms with Crippen LogP contribution < -0.4 is 10.1 Å². The van der Waals surface area contributed by atoms with Gasteiger partial charge in [-0.1, -0.05) is 5.16 Å². The van der Waals surface area contributed by atoms with Crippen LogP contribution in [0.1, 0.15) is 22.6 Å². The lowest BCUT2D eigenvalue weighted by Gasteiger charge is -2.05. The van der Waals surface area contributed by atoms with Crippen molar-refractivity contribution in [1.29, 1.82) is 0 Å². The first-order valence-electron chi connectivity index (χ1n) is 8.50. The number of hydrogen-bond acceptors (Lipinski definition) is 9. The lowest BCUT2D eigenvalue weighted by atomic mass is 10.2. The van der Waals surface area contributed by atoms with E-state index in [1.54, 1.807) is 6.21 Å². The van der Waals surface area contributed by atoms with Gasteiger partial charge in [0.05, 0.1) is 29.5 Å². The van der Waals surface area contributed by atoms with Crippen molar-refractivity contribution in [3.05, 3.63) is 57.8 Å². The number of amidine groups is 1. The molecule has 1 aliphatic rings. The molecule has 10 heteroatoms. The molecular formula is C19H18N4O5S. The molecule has 1 fully saturated rings. The molecule has 2 heterocycles. The number of rotatable bonds is 6. The molecule has 2 aromatic rings. The van der Waals surface area contributed by atoms with Gasteiger partial charge in [0.2, 0.25) is 0 Å². The zero-order chi connectivity index (χ0) is 20.8. The van der Waals surface area contributed by atoms with E-state index in [1.807, 2.05) is 38.1 Å².